The summed E-state index contributed by atoms with van der Waals surface area (Å²) < 4.78 is 0.429. The monoisotopic (exact) mass is 334 g/mol. The van der Waals surface area contributed by atoms with Gasteiger partial charge < -0.3 is 42.7 Å². The minimum Gasteiger partial charge on any atom is -0.548 e. The van der Waals surface area contributed by atoms with E-state index in [0.717, 1.165) is 21.6 Å². The van der Waals surface area contributed by atoms with Crippen molar-refractivity contribution in [2.75, 3.05) is 13.1 Å². The Hall–Kier alpha value is -0.660. The minimum absolute atomic E-state index is 0. The second-order valence-electron chi connectivity index (χ2n) is 2.19. The number of hydrogen-bond donors (Lipinski definition) is 4. The molecule has 18 heavy (non-hydrogen) atoms. The van der Waals surface area contributed by atoms with Gasteiger partial charge in [-0.25, -0.2) is 0 Å². The number of hydrogen-bond acceptors (Lipinski definition) is 8. The number of nitrogens with one attached hydrogen (secondary N) is 2. The van der Waals surface area contributed by atoms with E-state index < -0.39 is 11.9 Å². The lowest BCUT2D eigenvalue weighted by atomic mass is 10.7. The number of carboxylic acid groups (broad SMARTS) is 2. The van der Waals surface area contributed by atoms with Gasteiger partial charge in [0, 0.05) is 0 Å². The summed E-state index contributed by atoms with van der Waals surface area (Å²) in [5, 5.41) is 24.9. The van der Waals surface area contributed by atoms with Crippen molar-refractivity contribution < 1.29 is 19.8 Å². The summed E-state index contributed by atoms with van der Waals surface area (Å²) in [7, 11) is 2.01. The molecular weight excluding hydrogens is 320 g/mol. The van der Waals surface area contributed by atoms with E-state index in [0.29, 0.717) is 0 Å². The van der Waals surface area contributed by atoms with Crippen LogP contribution in [-0.4, -0.2) is 33.7 Å². The molecule has 0 saturated carbocycles. The first kappa shape index (κ1) is 22.5. The molecule has 0 aliphatic heterocycles. The first-order valence-electron chi connectivity index (χ1n) is 3.71. The molecule has 0 aromatic heterocycles. The highest BCUT2D eigenvalue weighted by Crippen LogP contribution is 2.22. The van der Waals surface area contributed by atoms with E-state index in [1.54, 1.807) is 0 Å². The number of rotatable bonds is 4. The van der Waals surface area contributed by atoms with Crippen LogP contribution in [-0.2, 0) is 9.59 Å². The van der Waals surface area contributed by atoms with Crippen LogP contribution in [0.4, 0.5) is 0 Å². The molecule has 12 heteroatoms. The molecule has 106 valence electrons. The summed E-state index contributed by atoms with van der Waals surface area (Å²) in [6.07, 6.45) is 0. The van der Waals surface area contributed by atoms with Crippen molar-refractivity contribution in [1.29, 1.82) is 0 Å². The van der Waals surface area contributed by atoms with Crippen molar-refractivity contribution in [2.45, 2.75) is 0 Å². The van der Waals surface area contributed by atoms with Crippen molar-refractivity contribution in [3.8, 4) is 0 Å². The van der Waals surface area contributed by atoms with Crippen LogP contribution >= 0.6 is 46.0 Å². The highest BCUT2D eigenvalue weighted by atomic mass is 33.1. The zero-order chi connectivity index (χ0) is 12.6. The van der Waals surface area contributed by atoms with Gasteiger partial charge in [0.05, 0.1) is 25.0 Å². The SMILES string of the molecule is O=C([O-])CNC(=S)SSC(=S)NCC(=O)[O-].[NH4+].[NH4+]. The van der Waals surface area contributed by atoms with Crippen molar-refractivity contribution in [3.05, 3.63) is 0 Å². The van der Waals surface area contributed by atoms with Gasteiger partial charge in [0.25, 0.3) is 0 Å². The van der Waals surface area contributed by atoms with Crippen LogP contribution in [0.5, 0.6) is 0 Å². The van der Waals surface area contributed by atoms with Crippen molar-refractivity contribution in [3.63, 3.8) is 0 Å². The highest BCUT2D eigenvalue weighted by Gasteiger charge is 2.02. The van der Waals surface area contributed by atoms with Crippen LogP contribution in [0.2, 0.25) is 0 Å². The van der Waals surface area contributed by atoms with E-state index in [1.165, 1.54) is 0 Å². The fraction of sp³-hybridized carbons (Fsp3) is 0.333. The average molecular weight is 334 g/mol. The molecule has 0 spiro atoms. The van der Waals surface area contributed by atoms with Gasteiger partial charge in [-0.15, -0.1) is 0 Å². The maximum atomic E-state index is 10.1. The third kappa shape index (κ3) is 15.3. The fourth-order valence-corrected chi connectivity index (χ4v) is 2.40. The Balaban J connectivity index is -0.00000112. The second kappa shape index (κ2) is 12.8. The zero-order valence-electron chi connectivity index (χ0n) is 9.68. The Morgan fingerprint density at radius 1 is 0.889 bits per heavy atom. The molecule has 0 bridgehead atoms. The van der Waals surface area contributed by atoms with Gasteiger partial charge in [-0.1, -0.05) is 24.4 Å². The number of quaternary nitrogens is 2. The van der Waals surface area contributed by atoms with Crippen molar-refractivity contribution in [2.24, 2.45) is 0 Å². The predicted octanol–water partition coefficient (Wildman–Crippen LogP) is -1.63. The Bertz CT molecular complexity index is 284. The number of carboxylic acids is 2. The van der Waals surface area contributed by atoms with Crippen LogP contribution in [0, 0.1) is 0 Å². The van der Waals surface area contributed by atoms with Crippen LogP contribution in [0.25, 0.3) is 0 Å². The predicted molar refractivity (Wildman–Crippen MR) is 78.4 cm³/mol. The van der Waals surface area contributed by atoms with Crippen molar-refractivity contribution >= 4 is 66.6 Å². The number of carbonyl (C=O) groups is 2. The fourth-order valence-electron chi connectivity index (χ4n) is 0.423. The number of thiocarbonyl (C=S) groups is 2. The third-order valence-electron chi connectivity index (χ3n) is 0.947. The number of carbonyl (C=O) groups excluding carboxylic acids is 2. The summed E-state index contributed by atoms with van der Waals surface area (Å²) in [5.74, 6) is -2.55. The third-order valence-corrected chi connectivity index (χ3v) is 4.29. The molecule has 0 heterocycles. The molecule has 0 aliphatic rings. The molecule has 0 saturated heterocycles. The van der Waals surface area contributed by atoms with Gasteiger partial charge in [-0.2, -0.15) is 0 Å². The summed E-state index contributed by atoms with van der Waals surface area (Å²) in [6, 6.07) is 0. The Kier molecular flexibility index (Phi) is 16.0. The van der Waals surface area contributed by atoms with Gasteiger partial charge in [0.2, 0.25) is 0 Å². The quantitative estimate of drug-likeness (QED) is 0.344. The molecule has 0 radical (unpaired) electrons. The molecule has 0 aromatic carbocycles. The van der Waals surface area contributed by atoms with E-state index in [-0.39, 0.29) is 34.0 Å². The molecule has 0 rings (SSSR count). The summed E-state index contributed by atoms with van der Waals surface area (Å²) in [4.78, 5) is 20.1. The highest BCUT2D eigenvalue weighted by molar-refractivity contribution is 8.89. The lowest BCUT2D eigenvalue weighted by Gasteiger charge is -2.09. The van der Waals surface area contributed by atoms with E-state index >= 15 is 0 Å². The van der Waals surface area contributed by atoms with Gasteiger partial charge in [0.1, 0.15) is 8.64 Å². The van der Waals surface area contributed by atoms with E-state index in [1.807, 2.05) is 0 Å². The topological polar surface area (TPSA) is 177 Å². The summed E-state index contributed by atoms with van der Waals surface area (Å²) in [6.45, 7) is -0.767. The Morgan fingerprint density at radius 3 is 1.39 bits per heavy atom. The molecule has 0 aromatic rings. The van der Waals surface area contributed by atoms with E-state index in [4.69, 9.17) is 24.4 Å². The molecule has 0 amide bonds. The van der Waals surface area contributed by atoms with Gasteiger partial charge in [-0.3, -0.25) is 0 Å². The van der Waals surface area contributed by atoms with E-state index in [2.05, 4.69) is 10.6 Å². The molecule has 0 fully saturated rings. The zero-order valence-corrected chi connectivity index (χ0v) is 12.9. The Labute approximate surface area is 122 Å². The Morgan fingerprint density at radius 2 is 1.17 bits per heavy atom. The first-order valence-corrected chi connectivity index (χ1v) is 6.68. The lowest BCUT2D eigenvalue weighted by Crippen LogP contribution is -2.36. The summed E-state index contributed by atoms with van der Waals surface area (Å²) in [5.41, 5.74) is 0. The largest absolute Gasteiger partial charge is 0.548 e. The molecule has 10 N–H and O–H groups in total. The number of aliphatic carboxylic acids is 2. The molecule has 8 nitrogen and oxygen atoms in total. The molecule has 0 aliphatic carbocycles. The molecule has 0 atom stereocenters. The van der Waals surface area contributed by atoms with Gasteiger partial charge in [-0.05, 0) is 21.6 Å². The van der Waals surface area contributed by atoms with Crippen LogP contribution < -0.4 is 33.1 Å². The van der Waals surface area contributed by atoms with Gasteiger partial charge >= 0.3 is 0 Å². The summed E-state index contributed by atoms with van der Waals surface area (Å²) >= 11 is 9.50. The average Bonchev–Trinajstić information content (AvgIpc) is 2.20. The smallest absolute Gasteiger partial charge is 0.145 e. The molecular formula is C6H14N4O4S4. The van der Waals surface area contributed by atoms with Crippen LogP contribution in [0.3, 0.4) is 0 Å². The van der Waals surface area contributed by atoms with E-state index in [9.17, 15) is 19.8 Å². The second-order valence-corrected chi connectivity index (χ2v) is 5.68. The molecule has 0 unspecified atom stereocenters. The van der Waals surface area contributed by atoms with Crippen LogP contribution in [0.1, 0.15) is 0 Å². The lowest BCUT2D eigenvalue weighted by molar-refractivity contribution is -0.305. The standard InChI is InChI=1S/C6H8N2O4S4.2H3N/c9-3(10)1-7-5(13)15-16-6(14)8-2-4(11)12;;/h1-2H2,(H,7,13)(H,8,14)(H,9,10)(H,11,12);2*1H3. The van der Waals surface area contributed by atoms with Gasteiger partial charge in [0.15, 0.2) is 0 Å². The minimum atomic E-state index is -1.27. The van der Waals surface area contributed by atoms with Crippen LogP contribution in [0.15, 0.2) is 0 Å². The van der Waals surface area contributed by atoms with Crippen molar-refractivity contribution in [1.82, 2.24) is 22.9 Å². The maximum Gasteiger partial charge on any atom is 0.145 e. The normalized spacial score (nSPS) is 8.22. The maximum absolute atomic E-state index is 10.1. The first-order chi connectivity index (χ1) is 7.41.